The largest absolute Gasteiger partial charge is 0.493 e. The molecular weight excluding hydrogens is 277 g/mol. The third-order valence-electron chi connectivity index (χ3n) is 3.43. The zero-order valence-electron chi connectivity index (χ0n) is 12.3. The lowest BCUT2D eigenvalue weighted by molar-refractivity contribution is 0.0181. The Labute approximate surface area is 124 Å². The maximum absolute atomic E-state index is 13.2. The maximum atomic E-state index is 13.2. The third kappa shape index (κ3) is 5.06. The first kappa shape index (κ1) is 16.4. The predicted molar refractivity (Wildman–Crippen MR) is 77.5 cm³/mol. The SMILES string of the molecule is CCCCCOCC1COB(c2ccc(F)c(F)c2)OC1. The van der Waals surface area contributed by atoms with Gasteiger partial charge in [-0.2, -0.15) is 0 Å². The molecule has 0 aromatic heterocycles. The highest BCUT2D eigenvalue weighted by Crippen LogP contribution is 2.11. The van der Waals surface area contributed by atoms with E-state index in [1.54, 1.807) is 0 Å². The Kier molecular flexibility index (Phi) is 6.61. The molecule has 1 saturated heterocycles. The van der Waals surface area contributed by atoms with Crippen molar-refractivity contribution in [1.82, 2.24) is 0 Å². The minimum absolute atomic E-state index is 0.188. The molecule has 116 valence electrons. The molecule has 0 unspecified atom stereocenters. The Bertz CT molecular complexity index is 437. The standard InChI is InChI=1S/C15H21BF2O3/c1-2-3-4-7-19-9-12-10-20-16(21-11-12)13-5-6-14(17)15(18)8-13/h5-6,8,12H,2-4,7,9-11H2,1H3. The van der Waals surface area contributed by atoms with Gasteiger partial charge in [0.2, 0.25) is 0 Å². The molecule has 21 heavy (non-hydrogen) atoms. The van der Waals surface area contributed by atoms with Crippen molar-refractivity contribution in [3.05, 3.63) is 29.8 Å². The second-order valence-electron chi connectivity index (χ2n) is 5.32. The monoisotopic (exact) mass is 298 g/mol. The summed E-state index contributed by atoms with van der Waals surface area (Å²) in [4.78, 5) is 0. The molecule has 0 bridgehead atoms. The highest BCUT2D eigenvalue weighted by atomic mass is 19.2. The van der Waals surface area contributed by atoms with Gasteiger partial charge in [-0.3, -0.25) is 0 Å². The van der Waals surface area contributed by atoms with Crippen LogP contribution in [0.2, 0.25) is 0 Å². The van der Waals surface area contributed by atoms with E-state index in [-0.39, 0.29) is 5.92 Å². The Balaban J connectivity index is 1.71. The van der Waals surface area contributed by atoms with Gasteiger partial charge in [0.05, 0.1) is 6.61 Å². The minimum atomic E-state index is -0.888. The first-order valence-electron chi connectivity index (χ1n) is 7.46. The van der Waals surface area contributed by atoms with Crippen LogP contribution in [-0.4, -0.2) is 33.5 Å². The molecule has 1 heterocycles. The Morgan fingerprint density at radius 2 is 1.95 bits per heavy atom. The van der Waals surface area contributed by atoms with Crippen LogP contribution in [0.5, 0.6) is 0 Å². The van der Waals surface area contributed by atoms with Crippen LogP contribution in [0.25, 0.3) is 0 Å². The second kappa shape index (κ2) is 8.46. The molecule has 1 aliphatic rings. The topological polar surface area (TPSA) is 27.7 Å². The fourth-order valence-corrected chi connectivity index (χ4v) is 2.19. The molecule has 1 fully saturated rings. The Hall–Kier alpha value is -0.975. The molecule has 0 saturated carbocycles. The summed E-state index contributed by atoms with van der Waals surface area (Å²) in [6.45, 7) is 4.52. The van der Waals surface area contributed by atoms with E-state index in [0.717, 1.165) is 25.2 Å². The number of hydrogen-bond donors (Lipinski definition) is 0. The van der Waals surface area contributed by atoms with Crippen molar-refractivity contribution in [2.75, 3.05) is 26.4 Å². The van der Waals surface area contributed by atoms with Crippen molar-refractivity contribution in [2.45, 2.75) is 26.2 Å². The van der Waals surface area contributed by atoms with Crippen LogP contribution in [0.3, 0.4) is 0 Å². The smallest absolute Gasteiger partial charge is 0.407 e. The third-order valence-corrected chi connectivity index (χ3v) is 3.43. The Morgan fingerprint density at radius 3 is 2.62 bits per heavy atom. The summed E-state index contributed by atoms with van der Waals surface area (Å²) in [6, 6.07) is 3.67. The van der Waals surface area contributed by atoms with Crippen molar-refractivity contribution in [3.8, 4) is 0 Å². The average Bonchev–Trinajstić information content (AvgIpc) is 2.50. The van der Waals surface area contributed by atoms with Crippen molar-refractivity contribution in [1.29, 1.82) is 0 Å². The summed E-state index contributed by atoms with van der Waals surface area (Å²) in [6.07, 6.45) is 3.42. The van der Waals surface area contributed by atoms with E-state index in [4.69, 9.17) is 14.0 Å². The summed E-state index contributed by atoms with van der Waals surface area (Å²) in [5, 5.41) is 0. The van der Waals surface area contributed by atoms with E-state index < -0.39 is 18.8 Å². The highest BCUT2D eigenvalue weighted by molar-refractivity contribution is 6.61. The van der Waals surface area contributed by atoms with Crippen molar-refractivity contribution < 1.29 is 22.8 Å². The molecule has 6 heteroatoms. The van der Waals surface area contributed by atoms with Gasteiger partial charge >= 0.3 is 7.12 Å². The fraction of sp³-hybridized carbons (Fsp3) is 0.600. The van der Waals surface area contributed by atoms with Crippen molar-refractivity contribution in [2.24, 2.45) is 5.92 Å². The molecule has 2 rings (SSSR count). The van der Waals surface area contributed by atoms with Crippen LogP contribution in [0, 0.1) is 17.6 Å². The number of benzene rings is 1. The molecule has 0 radical (unpaired) electrons. The van der Waals surface area contributed by atoms with Crippen LogP contribution < -0.4 is 5.46 Å². The first-order chi connectivity index (χ1) is 10.2. The Morgan fingerprint density at radius 1 is 1.19 bits per heavy atom. The summed E-state index contributed by atoms with van der Waals surface area (Å²) in [5.41, 5.74) is 0.496. The van der Waals surface area contributed by atoms with Crippen LogP contribution in [0.1, 0.15) is 26.2 Å². The van der Waals surface area contributed by atoms with Gasteiger partial charge in [-0.15, -0.1) is 0 Å². The normalized spacial score (nSPS) is 16.4. The zero-order chi connectivity index (χ0) is 15.1. The molecule has 1 aromatic carbocycles. The quantitative estimate of drug-likeness (QED) is 0.572. The van der Waals surface area contributed by atoms with Gasteiger partial charge in [-0.05, 0) is 24.0 Å². The van der Waals surface area contributed by atoms with E-state index in [9.17, 15) is 8.78 Å². The molecule has 0 N–H and O–H groups in total. The number of rotatable bonds is 7. The van der Waals surface area contributed by atoms with Gasteiger partial charge in [0.1, 0.15) is 0 Å². The number of ether oxygens (including phenoxy) is 1. The lowest BCUT2D eigenvalue weighted by atomic mass is 9.77. The van der Waals surface area contributed by atoms with Crippen LogP contribution >= 0.6 is 0 Å². The van der Waals surface area contributed by atoms with Gasteiger partial charge in [0, 0.05) is 25.7 Å². The van der Waals surface area contributed by atoms with E-state index in [1.165, 1.54) is 18.9 Å². The molecule has 0 atom stereocenters. The van der Waals surface area contributed by atoms with Crippen molar-refractivity contribution >= 4 is 12.6 Å². The summed E-state index contributed by atoms with van der Waals surface area (Å²) in [7, 11) is -0.628. The highest BCUT2D eigenvalue weighted by Gasteiger charge is 2.29. The molecule has 1 aliphatic heterocycles. The molecule has 0 aliphatic carbocycles. The average molecular weight is 298 g/mol. The summed E-state index contributed by atoms with van der Waals surface area (Å²) >= 11 is 0. The van der Waals surface area contributed by atoms with Crippen molar-refractivity contribution in [3.63, 3.8) is 0 Å². The number of hydrogen-bond acceptors (Lipinski definition) is 3. The second-order valence-corrected chi connectivity index (χ2v) is 5.32. The fourth-order valence-electron chi connectivity index (χ4n) is 2.19. The summed E-state index contributed by atoms with van der Waals surface area (Å²) in [5.74, 6) is -1.57. The van der Waals surface area contributed by atoms with Crippen LogP contribution in [0.15, 0.2) is 18.2 Å². The van der Waals surface area contributed by atoms with Gasteiger partial charge < -0.3 is 14.0 Å². The number of unbranched alkanes of at least 4 members (excludes halogenated alkanes) is 2. The van der Waals surface area contributed by atoms with Gasteiger partial charge in [-0.25, -0.2) is 8.78 Å². The lowest BCUT2D eigenvalue weighted by Gasteiger charge is -2.27. The van der Waals surface area contributed by atoms with E-state index >= 15 is 0 Å². The van der Waals surface area contributed by atoms with Gasteiger partial charge in [0.15, 0.2) is 11.6 Å². The van der Waals surface area contributed by atoms with Gasteiger partial charge in [-0.1, -0.05) is 25.8 Å². The molecule has 0 amide bonds. The van der Waals surface area contributed by atoms with Crippen LogP contribution in [0.4, 0.5) is 8.78 Å². The van der Waals surface area contributed by atoms with E-state index in [2.05, 4.69) is 6.92 Å². The zero-order valence-corrected chi connectivity index (χ0v) is 12.3. The molecule has 0 spiro atoms. The number of halogens is 2. The minimum Gasteiger partial charge on any atom is -0.407 e. The predicted octanol–water partition coefficient (Wildman–Crippen LogP) is 2.53. The molecular formula is C15H21BF2O3. The summed E-state index contributed by atoms with van der Waals surface area (Å²) < 4.78 is 42.8. The van der Waals surface area contributed by atoms with E-state index in [1.807, 2.05) is 0 Å². The molecule has 3 nitrogen and oxygen atoms in total. The van der Waals surface area contributed by atoms with Crippen LogP contribution in [-0.2, 0) is 14.0 Å². The van der Waals surface area contributed by atoms with E-state index in [0.29, 0.717) is 25.3 Å². The van der Waals surface area contributed by atoms with Gasteiger partial charge in [0.25, 0.3) is 0 Å². The first-order valence-corrected chi connectivity index (χ1v) is 7.46. The lowest BCUT2D eigenvalue weighted by Crippen LogP contribution is -2.45. The molecule has 1 aromatic rings. The maximum Gasteiger partial charge on any atom is 0.493 e.